The number of methoxy groups -OCH3 is 1. The van der Waals surface area contributed by atoms with Gasteiger partial charge in [0.1, 0.15) is 0 Å². The average molecular weight is 276 g/mol. The minimum Gasteiger partial charge on any atom is -0.481 e. The Morgan fingerprint density at radius 3 is 2.58 bits per heavy atom. The van der Waals surface area contributed by atoms with E-state index >= 15 is 0 Å². The first-order chi connectivity index (χ1) is 9.02. The summed E-state index contributed by atoms with van der Waals surface area (Å²) in [5, 5.41) is 20.3. The van der Waals surface area contributed by atoms with Crippen LogP contribution in [0.15, 0.2) is 0 Å². The Morgan fingerprint density at radius 2 is 2.05 bits per heavy atom. The van der Waals surface area contributed by atoms with Crippen molar-refractivity contribution in [2.24, 2.45) is 5.92 Å². The fourth-order valence-electron chi connectivity index (χ4n) is 1.48. The van der Waals surface area contributed by atoms with Gasteiger partial charge >= 0.3 is 12.0 Å². The van der Waals surface area contributed by atoms with Gasteiger partial charge < -0.3 is 25.2 Å². The summed E-state index contributed by atoms with van der Waals surface area (Å²) in [6, 6.07) is -0.269. The first kappa shape index (κ1) is 17.7. The molecule has 0 saturated carbocycles. The van der Waals surface area contributed by atoms with Gasteiger partial charge in [-0.05, 0) is 12.8 Å². The molecule has 112 valence electrons. The third-order valence-corrected chi connectivity index (χ3v) is 2.73. The Balaban J connectivity index is 3.88. The van der Waals surface area contributed by atoms with Gasteiger partial charge in [0, 0.05) is 26.7 Å². The number of amides is 2. The molecule has 0 aromatic rings. The van der Waals surface area contributed by atoms with Crippen LogP contribution >= 0.6 is 0 Å². The number of aliphatic hydroxyl groups is 1. The second-order valence-electron chi connectivity index (χ2n) is 4.32. The average Bonchev–Trinajstić information content (AvgIpc) is 2.38. The monoisotopic (exact) mass is 276 g/mol. The molecule has 0 aromatic heterocycles. The molecule has 0 bridgehead atoms. The molecule has 0 spiro atoms. The van der Waals surface area contributed by atoms with Crippen LogP contribution in [0.25, 0.3) is 0 Å². The number of hydrogen-bond donors (Lipinski definition) is 3. The molecule has 3 N–H and O–H groups in total. The second-order valence-corrected chi connectivity index (χ2v) is 4.32. The standard InChI is InChI=1S/C12H24N2O5/c1-10(11(16)17)4-3-5-13-12(18)14(6-8-15)7-9-19-2/h10,15H,3-9H2,1-2H3,(H,13,18)(H,16,17). The zero-order valence-corrected chi connectivity index (χ0v) is 11.6. The summed E-state index contributed by atoms with van der Waals surface area (Å²) in [6.45, 7) is 3.03. The number of carboxylic acid groups (broad SMARTS) is 1. The van der Waals surface area contributed by atoms with Crippen molar-refractivity contribution in [3.8, 4) is 0 Å². The lowest BCUT2D eigenvalue weighted by molar-refractivity contribution is -0.141. The van der Waals surface area contributed by atoms with E-state index in [1.807, 2.05) is 0 Å². The molecule has 2 amide bonds. The highest BCUT2D eigenvalue weighted by atomic mass is 16.5. The van der Waals surface area contributed by atoms with Crippen molar-refractivity contribution < 1.29 is 24.5 Å². The van der Waals surface area contributed by atoms with Gasteiger partial charge in [0.25, 0.3) is 0 Å². The van der Waals surface area contributed by atoms with Crippen molar-refractivity contribution in [3.63, 3.8) is 0 Å². The molecular weight excluding hydrogens is 252 g/mol. The van der Waals surface area contributed by atoms with Crippen molar-refractivity contribution >= 4 is 12.0 Å². The third kappa shape index (κ3) is 8.39. The summed E-state index contributed by atoms with van der Waals surface area (Å²) in [4.78, 5) is 23.8. The first-order valence-corrected chi connectivity index (χ1v) is 6.38. The van der Waals surface area contributed by atoms with Gasteiger partial charge in [0.2, 0.25) is 0 Å². The summed E-state index contributed by atoms with van der Waals surface area (Å²) in [6.07, 6.45) is 1.13. The maximum absolute atomic E-state index is 11.7. The number of aliphatic hydroxyl groups excluding tert-OH is 1. The highest BCUT2D eigenvalue weighted by Gasteiger charge is 2.13. The molecule has 0 aliphatic heterocycles. The van der Waals surface area contributed by atoms with Gasteiger partial charge in [-0.25, -0.2) is 4.79 Å². The number of rotatable bonds is 10. The summed E-state index contributed by atoms with van der Waals surface area (Å²) in [7, 11) is 1.54. The summed E-state index contributed by atoms with van der Waals surface area (Å²) in [5.74, 6) is -1.23. The number of carboxylic acids is 1. The molecule has 0 saturated heterocycles. The number of ether oxygens (including phenoxy) is 1. The van der Waals surface area contributed by atoms with Gasteiger partial charge in [-0.2, -0.15) is 0 Å². The zero-order valence-electron chi connectivity index (χ0n) is 11.6. The number of carbonyl (C=O) groups is 2. The predicted molar refractivity (Wildman–Crippen MR) is 70.0 cm³/mol. The Bertz CT molecular complexity index is 273. The minimum atomic E-state index is -0.826. The van der Waals surface area contributed by atoms with Crippen LogP contribution in [0, 0.1) is 5.92 Å². The molecule has 0 radical (unpaired) electrons. The van der Waals surface area contributed by atoms with Crippen molar-refractivity contribution in [1.82, 2.24) is 10.2 Å². The van der Waals surface area contributed by atoms with E-state index in [9.17, 15) is 9.59 Å². The number of nitrogens with one attached hydrogen (secondary N) is 1. The third-order valence-electron chi connectivity index (χ3n) is 2.73. The Hall–Kier alpha value is -1.34. The van der Waals surface area contributed by atoms with Crippen LogP contribution in [-0.4, -0.2) is 67.1 Å². The van der Waals surface area contributed by atoms with Crippen LogP contribution in [0.3, 0.4) is 0 Å². The van der Waals surface area contributed by atoms with Gasteiger partial charge in [0.05, 0.1) is 19.1 Å². The first-order valence-electron chi connectivity index (χ1n) is 6.38. The van der Waals surface area contributed by atoms with Crippen LogP contribution < -0.4 is 5.32 Å². The number of aliphatic carboxylic acids is 1. The quantitative estimate of drug-likeness (QED) is 0.493. The molecule has 7 heteroatoms. The summed E-state index contributed by atoms with van der Waals surface area (Å²) < 4.78 is 4.88. The highest BCUT2D eigenvalue weighted by molar-refractivity contribution is 5.74. The molecule has 1 unspecified atom stereocenters. The van der Waals surface area contributed by atoms with Crippen molar-refractivity contribution in [3.05, 3.63) is 0 Å². The molecular formula is C12H24N2O5. The molecule has 0 aliphatic rings. The topological polar surface area (TPSA) is 99.1 Å². The van der Waals surface area contributed by atoms with E-state index in [1.165, 1.54) is 4.90 Å². The normalized spacial score (nSPS) is 11.9. The van der Waals surface area contributed by atoms with E-state index in [2.05, 4.69) is 5.32 Å². The fraction of sp³-hybridized carbons (Fsp3) is 0.833. The Morgan fingerprint density at radius 1 is 1.37 bits per heavy atom. The molecule has 19 heavy (non-hydrogen) atoms. The van der Waals surface area contributed by atoms with Crippen LogP contribution in [0.4, 0.5) is 4.79 Å². The number of carbonyl (C=O) groups excluding carboxylic acids is 1. The van der Waals surface area contributed by atoms with Crippen molar-refractivity contribution in [2.75, 3.05) is 40.0 Å². The Labute approximate surface area is 113 Å². The van der Waals surface area contributed by atoms with Gasteiger partial charge in [-0.3, -0.25) is 4.79 Å². The van der Waals surface area contributed by atoms with E-state index < -0.39 is 11.9 Å². The van der Waals surface area contributed by atoms with E-state index in [0.717, 1.165) is 0 Å². The number of hydrogen-bond acceptors (Lipinski definition) is 4. The lowest BCUT2D eigenvalue weighted by Crippen LogP contribution is -2.43. The van der Waals surface area contributed by atoms with E-state index in [0.29, 0.717) is 32.5 Å². The Kier molecular flexibility index (Phi) is 9.82. The van der Waals surface area contributed by atoms with Gasteiger partial charge in [-0.15, -0.1) is 0 Å². The molecule has 7 nitrogen and oxygen atoms in total. The molecule has 0 aromatic carbocycles. The van der Waals surface area contributed by atoms with E-state index in [1.54, 1.807) is 14.0 Å². The number of nitrogens with zero attached hydrogens (tertiary/aromatic N) is 1. The molecule has 1 atom stereocenters. The van der Waals surface area contributed by atoms with Crippen molar-refractivity contribution in [1.29, 1.82) is 0 Å². The number of urea groups is 1. The van der Waals surface area contributed by atoms with Gasteiger partial charge in [-0.1, -0.05) is 6.92 Å². The SMILES string of the molecule is COCCN(CCO)C(=O)NCCCC(C)C(=O)O. The van der Waals surface area contributed by atoms with Crippen LogP contribution in [0.5, 0.6) is 0 Å². The lowest BCUT2D eigenvalue weighted by atomic mass is 10.1. The maximum Gasteiger partial charge on any atom is 0.317 e. The van der Waals surface area contributed by atoms with E-state index in [-0.39, 0.29) is 19.2 Å². The highest BCUT2D eigenvalue weighted by Crippen LogP contribution is 2.04. The van der Waals surface area contributed by atoms with Gasteiger partial charge in [0.15, 0.2) is 0 Å². The predicted octanol–water partition coefficient (Wildman–Crippen LogP) is 0.138. The molecule has 0 heterocycles. The zero-order chi connectivity index (χ0) is 14.7. The van der Waals surface area contributed by atoms with Crippen LogP contribution in [0.1, 0.15) is 19.8 Å². The summed E-state index contributed by atoms with van der Waals surface area (Å²) in [5.41, 5.74) is 0. The molecule has 0 aliphatic carbocycles. The largest absolute Gasteiger partial charge is 0.481 e. The van der Waals surface area contributed by atoms with E-state index in [4.69, 9.17) is 14.9 Å². The van der Waals surface area contributed by atoms with Crippen LogP contribution in [0.2, 0.25) is 0 Å². The second kappa shape index (κ2) is 10.6. The van der Waals surface area contributed by atoms with Crippen molar-refractivity contribution in [2.45, 2.75) is 19.8 Å². The molecule has 0 rings (SSSR count). The maximum atomic E-state index is 11.7. The lowest BCUT2D eigenvalue weighted by Gasteiger charge is -2.21. The smallest absolute Gasteiger partial charge is 0.317 e. The molecule has 0 fully saturated rings. The summed E-state index contributed by atoms with van der Waals surface area (Å²) >= 11 is 0. The fourth-order valence-corrected chi connectivity index (χ4v) is 1.48. The van der Waals surface area contributed by atoms with Crippen LogP contribution in [-0.2, 0) is 9.53 Å². The minimum absolute atomic E-state index is 0.104.